The first-order chi connectivity index (χ1) is 11.6. The first-order valence-corrected chi connectivity index (χ1v) is 12.8. The van der Waals surface area contributed by atoms with E-state index in [1.165, 1.54) is 0 Å². The van der Waals surface area contributed by atoms with Crippen molar-refractivity contribution in [3.8, 4) is 0 Å². The maximum atomic E-state index is 7.56. The zero-order chi connectivity index (χ0) is 21.0. The van der Waals surface area contributed by atoms with Crippen molar-refractivity contribution in [2.24, 2.45) is 0 Å². The van der Waals surface area contributed by atoms with Crippen LogP contribution < -0.4 is 0 Å². The molecule has 0 aliphatic rings. The van der Waals surface area contributed by atoms with Gasteiger partial charge >= 0.3 is 43.0 Å². The molecule has 6 N–H and O–H groups in total. The number of hydrogen-bond donors (Lipinski definition) is 6. The van der Waals surface area contributed by atoms with Gasteiger partial charge in [0.05, 0.1) is 0 Å². The van der Waals surface area contributed by atoms with Crippen LogP contribution in [0.1, 0.15) is 0 Å². The van der Waals surface area contributed by atoms with Crippen molar-refractivity contribution in [3.63, 3.8) is 0 Å². The van der Waals surface area contributed by atoms with Crippen LogP contribution in [0.4, 0.5) is 0 Å². The zero-order valence-electron chi connectivity index (χ0n) is 12.5. The minimum absolute atomic E-state index is 0. The van der Waals surface area contributed by atoms with Gasteiger partial charge in [-0.2, -0.15) is 0 Å². The molecule has 0 unspecified atom stereocenters. The van der Waals surface area contributed by atoms with Crippen molar-refractivity contribution in [3.05, 3.63) is 68.6 Å². The molecule has 0 saturated carbocycles. The predicted octanol–water partition coefficient (Wildman–Crippen LogP) is 3.71. The molecule has 15 heteroatoms. The molecule has 27 heavy (non-hydrogen) atoms. The molecule has 0 aliphatic heterocycles. The van der Waals surface area contributed by atoms with Crippen LogP contribution in [0.2, 0.25) is 20.1 Å². The summed E-state index contributed by atoms with van der Waals surface area (Å²) in [5.41, 5.74) is 0. The summed E-state index contributed by atoms with van der Waals surface area (Å²) < 4.78 is 0. The molecule has 0 amide bonds. The van der Waals surface area contributed by atoms with E-state index in [-0.39, 0.29) is 29.6 Å². The molecule has 0 aromatic heterocycles. The van der Waals surface area contributed by atoms with Crippen LogP contribution in [0, 0.1) is 0 Å². The van der Waals surface area contributed by atoms with E-state index < -0.39 is 13.4 Å². The number of halogens is 4. The third-order valence-corrected chi connectivity index (χ3v) is 2.51. The first-order valence-electron chi connectivity index (χ1n) is 5.96. The molecule has 0 aliphatic carbocycles. The van der Waals surface area contributed by atoms with E-state index in [1.807, 2.05) is 12.1 Å². The third-order valence-electron chi connectivity index (χ3n) is 1.57. The molecule has 0 saturated heterocycles. The SMILES string of the molecule is Clc1cccc(Cl)c1.Clc1cccc(Cl)c1.OP(O)(O)=S.OP(O)(O)=S.[NaH]. The molecule has 2 rings (SSSR count). The van der Waals surface area contributed by atoms with E-state index in [1.54, 1.807) is 36.4 Å². The Morgan fingerprint density at radius 3 is 0.778 bits per heavy atom. The summed E-state index contributed by atoms with van der Waals surface area (Å²) in [4.78, 5) is 45.3. The van der Waals surface area contributed by atoms with Gasteiger partial charge in [0.1, 0.15) is 0 Å². The molecule has 2 aromatic rings. The fourth-order valence-electron chi connectivity index (χ4n) is 0.920. The quantitative estimate of drug-likeness (QED) is 0.219. The van der Waals surface area contributed by atoms with Gasteiger partial charge in [0, 0.05) is 20.1 Å². The van der Waals surface area contributed by atoms with E-state index in [4.69, 9.17) is 75.8 Å². The van der Waals surface area contributed by atoms with Crippen LogP contribution in [-0.4, -0.2) is 58.9 Å². The van der Waals surface area contributed by atoms with Gasteiger partial charge in [0.15, 0.2) is 0 Å². The molecular weight excluding hydrogens is 531 g/mol. The Kier molecular flexibility index (Phi) is 21.4. The third kappa shape index (κ3) is 38.8. The van der Waals surface area contributed by atoms with Crippen molar-refractivity contribution >= 4 is 113 Å². The Morgan fingerprint density at radius 1 is 0.556 bits per heavy atom. The number of rotatable bonds is 0. The average Bonchev–Trinajstić information content (AvgIpc) is 2.34. The molecule has 0 atom stereocenters. The molecule has 150 valence electrons. The van der Waals surface area contributed by atoms with Crippen molar-refractivity contribution in [2.75, 3.05) is 0 Å². The first kappa shape index (κ1) is 33.3. The number of benzene rings is 2. The van der Waals surface area contributed by atoms with Crippen molar-refractivity contribution < 1.29 is 29.4 Å². The van der Waals surface area contributed by atoms with Crippen molar-refractivity contribution in [2.45, 2.75) is 0 Å². The van der Waals surface area contributed by atoms with E-state index in [9.17, 15) is 0 Å². The van der Waals surface area contributed by atoms with Crippen LogP contribution >= 0.6 is 59.8 Å². The van der Waals surface area contributed by atoms with Crippen LogP contribution in [0.5, 0.6) is 0 Å². The zero-order valence-corrected chi connectivity index (χ0v) is 19.0. The van der Waals surface area contributed by atoms with Crippen LogP contribution in [0.25, 0.3) is 0 Å². The normalized spacial score (nSPS) is 9.85. The molecule has 0 bridgehead atoms. The second-order valence-electron chi connectivity index (χ2n) is 3.91. The van der Waals surface area contributed by atoms with E-state index >= 15 is 0 Å². The van der Waals surface area contributed by atoms with Gasteiger partial charge in [0.25, 0.3) is 0 Å². The second-order valence-corrected chi connectivity index (χ2v) is 10.6. The Morgan fingerprint density at radius 2 is 0.704 bits per heavy atom. The van der Waals surface area contributed by atoms with Gasteiger partial charge in [-0.1, -0.05) is 58.5 Å². The molecule has 0 fully saturated rings. The second kappa shape index (κ2) is 17.4. The Labute approximate surface area is 209 Å². The summed E-state index contributed by atoms with van der Waals surface area (Å²) in [5.74, 6) is 0. The maximum absolute atomic E-state index is 7.56. The van der Waals surface area contributed by atoms with Crippen molar-refractivity contribution in [1.82, 2.24) is 0 Å². The standard InChI is InChI=1S/2C6H4Cl2.Na.2H3O3PS.H/c2*7-5-2-1-3-6(8)4-5;;2*1-4(2,3)5;/h2*1-4H;;2*(H3,1,2,3,5);. The van der Waals surface area contributed by atoms with Crippen LogP contribution in [0.3, 0.4) is 0 Å². The summed E-state index contributed by atoms with van der Waals surface area (Å²) in [7, 11) is 0. The van der Waals surface area contributed by atoms with Gasteiger partial charge in [-0.05, 0) is 60.0 Å². The summed E-state index contributed by atoms with van der Waals surface area (Å²) in [6.45, 7) is -7.61. The monoisotopic (exact) mass is 544 g/mol. The summed E-state index contributed by atoms with van der Waals surface area (Å²) in [6.07, 6.45) is 0. The molecule has 0 spiro atoms. The van der Waals surface area contributed by atoms with Crippen LogP contribution in [-0.2, 0) is 23.6 Å². The average molecular weight is 546 g/mol. The van der Waals surface area contributed by atoms with E-state index in [2.05, 4.69) is 23.6 Å². The fraction of sp³-hybridized carbons (Fsp3) is 0. The van der Waals surface area contributed by atoms with Crippen LogP contribution in [0.15, 0.2) is 48.5 Å². The summed E-state index contributed by atoms with van der Waals surface area (Å²) in [5, 5.41) is 2.71. The molecule has 6 nitrogen and oxygen atoms in total. The topological polar surface area (TPSA) is 121 Å². The fourth-order valence-corrected chi connectivity index (χ4v) is 1.79. The minimum atomic E-state index is -3.81. The summed E-state index contributed by atoms with van der Waals surface area (Å²) in [6, 6.07) is 14.2. The Bertz CT molecular complexity index is 648. The van der Waals surface area contributed by atoms with Crippen molar-refractivity contribution in [1.29, 1.82) is 0 Å². The molecule has 0 heterocycles. The number of hydrogen-bond acceptors (Lipinski definition) is 2. The van der Waals surface area contributed by atoms with E-state index in [0.29, 0.717) is 20.1 Å². The molecule has 2 aromatic carbocycles. The van der Waals surface area contributed by atoms with Gasteiger partial charge < -0.3 is 29.4 Å². The van der Waals surface area contributed by atoms with Gasteiger partial charge in [-0.25, -0.2) is 0 Å². The predicted molar refractivity (Wildman–Crippen MR) is 122 cm³/mol. The van der Waals surface area contributed by atoms with Gasteiger partial charge in [-0.3, -0.25) is 0 Å². The summed E-state index contributed by atoms with van der Waals surface area (Å²) >= 11 is 29.5. The van der Waals surface area contributed by atoms with Gasteiger partial charge in [-0.15, -0.1) is 0 Å². The van der Waals surface area contributed by atoms with Gasteiger partial charge in [0.2, 0.25) is 0 Å². The Hall–Kier alpha value is 1.66. The Balaban J connectivity index is -0.000000289. The molecule has 0 radical (unpaired) electrons. The molecular formula is C12H15Cl4NaO6P2S2. The van der Waals surface area contributed by atoms with E-state index in [0.717, 1.165) is 0 Å².